The highest BCUT2D eigenvalue weighted by atomic mass is 32.1. The second kappa shape index (κ2) is 9.23. The molecule has 0 bridgehead atoms. The molecule has 0 saturated carbocycles. The second-order valence-electron chi connectivity index (χ2n) is 8.48. The zero-order valence-corrected chi connectivity index (χ0v) is 19.6. The third kappa shape index (κ3) is 4.36. The Morgan fingerprint density at radius 3 is 2.44 bits per heavy atom. The Hall–Kier alpha value is -3.78. The number of benzene rings is 2. The fourth-order valence-electron chi connectivity index (χ4n) is 4.31. The maximum Gasteiger partial charge on any atom is 0.287 e. The molecule has 0 N–H and O–H groups in total. The van der Waals surface area contributed by atoms with Gasteiger partial charge in [-0.05, 0) is 42.0 Å². The van der Waals surface area contributed by atoms with Crippen molar-refractivity contribution < 1.29 is 9.72 Å². The Kier molecular flexibility index (Phi) is 5.98. The second-order valence-corrected chi connectivity index (χ2v) is 9.53. The summed E-state index contributed by atoms with van der Waals surface area (Å²) in [5, 5.41) is 12.0. The molecule has 2 aromatic heterocycles. The normalized spacial score (nSPS) is 13.9. The first-order valence-corrected chi connectivity index (χ1v) is 12.0. The number of thiophene rings is 1. The van der Waals surface area contributed by atoms with Crippen LogP contribution in [0.2, 0.25) is 0 Å². The standard InChI is InChI=1S/C26H24N4O3S/c1-18-6-8-19(9-7-18)16-22-21-4-2-3-5-23(21)34-25(22)26(31)29-14-12-28(13-15-29)24-11-10-20(17-27-24)30(32)33/h2-11,17H,12-16H2,1H3. The van der Waals surface area contributed by atoms with Gasteiger partial charge in [-0.1, -0.05) is 48.0 Å². The minimum absolute atomic E-state index is 0.0246. The van der Waals surface area contributed by atoms with Crippen LogP contribution in [-0.2, 0) is 6.42 Å². The molecule has 1 aliphatic heterocycles. The molecule has 1 amide bonds. The fraction of sp³-hybridized carbons (Fsp3) is 0.231. The van der Waals surface area contributed by atoms with Crippen molar-refractivity contribution in [3.05, 3.63) is 98.5 Å². The van der Waals surface area contributed by atoms with E-state index in [0.717, 1.165) is 26.9 Å². The number of carbonyl (C=O) groups is 1. The molecule has 0 unspecified atom stereocenters. The van der Waals surface area contributed by atoms with E-state index in [0.29, 0.717) is 32.0 Å². The summed E-state index contributed by atoms with van der Waals surface area (Å²) in [6.07, 6.45) is 2.00. The maximum absolute atomic E-state index is 13.6. The number of hydrogen-bond donors (Lipinski definition) is 0. The predicted octanol–water partition coefficient (Wildman–Crippen LogP) is 5.07. The van der Waals surface area contributed by atoms with Gasteiger partial charge in [0.05, 0.1) is 9.80 Å². The minimum atomic E-state index is -0.452. The monoisotopic (exact) mass is 472 g/mol. The van der Waals surface area contributed by atoms with Gasteiger partial charge < -0.3 is 9.80 Å². The lowest BCUT2D eigenvalue weighted by molar-refractivity contribution is -0.385. The van der Waals surface area contributed by atoms with Crippen LogP contribution in [0.5, 0.6) is 0 Å². The first-order valence-electron chi connectivity index (χ1n) is 11.2. The van der Waals surface area contributed by atoms with Gasteiger partial charge in [-0.15, -0.1) is 11.3 Å². The van der Waals surface area contributed by atoms with Crippen molar-refractivity contribution >= 4 is 38.8 Å². The quantitative estimate of drug-likeness (QED) is 0.299. The molecule has 172 valence electrons. The molecule has 2 aromatic carbocycles. The lowest BCUT2D eigenvalue weighted by Crippen LogP contribution is -2.49. The summed E-state index contributed by atoms with van der Waals surface area (Å²) in [5.41, 5.74) is 3.48. The molecule has 3 heterocycles. The van der Waals surface area contributed by atoms with Gasteiger partial charge in [0.15, 0.2) is 0 Å². The third-order valence-corrected chi connectivity index (χ3v) is 7.43. The molecule has 0 radical (unpaired) electrons. The molecule has 8 heteroatoms. The first-order chi connectivity index (χ1) is 16.5. The van der Waals surface area contributed by atoms with E-state index in [4.69, 9.17) is 0 Å². The zero-order chi connectivity index (χ0) is 23.7. The van der Waals surface area contributed by atoms with Crippen molar-refractivity contribution in [2.45, 2.75) is 13.3 Å². The molecule has 5 rings (SSSR count). The van der Waals surface area contributed by atoms with Gasteiger partial charge in [0, 0.05) is 36.9 Å². The van der Waals surface area contributed by atoms with Crippen LogP contribution in [0.4, 0.5) is 11.5 Å². The summed E-state index contributed by atoms with van der Waals surface area (Å²) < 4.78 is 1.13. The topological polar surface area (TPSA) is 79.6 Å². The van der Waals surface area contributed by atoms with Crippen molar-refractivity contribution in [1.82, 2.24) is 9.88 Å². The summed E-state index contributed by atoms with van der Waals surface area (Å²) >= 11 is 1.57. The molecule has 0 atom stereocenters. The van der Waals surface area contributed by atoms with Crippen LogP contribution in [-0.4, -0.2) is 46.9 Å². The molecule has 4 aromatic rings. The van der Waals surface area contributed by atoms with Crippen molar-refractivity contribution in [3.8, 4) is 0 Å². The van der Waals surface area contributed by atoms with E-state index in [1.807, 2.05) is 17.0 Å². The molecular weight excluding hydrogens is 448 g/mol. The fourth-order valence-corrected chi connectivity index (χ4v) is 5.50. The number of rotatable bonds is 5. The average Bonchev–Trinajstić information content (AvgIpc) is 3.23. The van der Waals surface area contributed by atoms with Gasteiger partial charge in [-0.2, -0.15) is 0 Å². The number of piperazine rings is 1. The zero-order valence-electron chi connectivity index (χ0n) is 18.8. The number of nitro groups is 1. The van der Waals surface area contributed by atoms with Crippen LogP contribution >= 0.6 is 11.3 Å². The Balaban J connectivity index is 1.35. The van der Waals surface area contributed by atoms with E-state index in [1.54, 1.807) is 17.4 Å². The molecule has 1 aliphatic rings. The first kappa shape index (κ1) is 22.0. The Labute approximate surface area is 201 Å². The van der Waals surface area contributed by atoms with Crippen molar-refractivity contribution in [3.63, 3.8) is 0 Å². The van der Waals surface area contributed by atoms with Gasteiger partial charge >= 0.3 is 0 Å². The van der Waals surface area contributed by atoms with Crippen molar-refractivity contribution in [1.29, 1.82) is 0 Å². The summed E-state index contributed by atoms with van der Waals surface area (Å²) in [5.74, 6) is 0.763. The number of aromatic nitrogens is 1. The smallest absolute Gasteiger partial charge is 0.287 e. The average molecular weight is 473 g/mol. The van der Waals surface area contributed by atoms with Gasteiger partial charge in [0.25, 0.3) is 11.6 Å². The van der Waals surface area contributed by atoms with Crippen LogP contribution < -0.4 is 4.90 Å². The van der Waals surface area contributed by atoms with Crippen molar-refractivity contribution in [2.24, 2.45) is 0 Å². The predicted molar refractivity (Wildman–Crippen MR) is 135 cm³/mol. The van der Waals surface area contributed by atoms with E-state index in [9.17, 15) is 14.9 Å². The lowest BCUT2D eigenvalue weighted by atomic mass is 10.0. The van der Waals surface area contributed by atoms with E-state index in [-0.39, 0.29) is 11.6 Å². The van der Waals surface area contributed by atoms with Crippen LogP contribution in [0.3, 0.4) is 0 Å². The van der Waals surface area contributed by atoms with Crippen LogP contribution in [0.25, 0.3) is 10.1 Å². The van der Waals surface area contributed by atoms with E-state index in [1.165, 1.54) is 23.4 Å². The third-order valence-electron chi connectivity index (χ3n) is 6.23. The summed E-state index contributed by atoms with van der Waals surface area (Å²) in [6, 6.07) is 19.8. The highest BCUT2D eigenvalue weighted by Crippen LogP contribution is 2.34. The SMILES string of the molecule is Cc1ccc(Cc2c(C(=O)N3CCN(c4ccc([N+](=O)[O-])cn4)CC3)sc3ccccc23)cc1. The number of pyridine rings is 1. The molecule has 0 aliphatic carbocycles. The highest BCUT2D eigenvalue weighted by molar-refractivity contribution is 7.21. The number of amides is 1. The molecule has 1 saturated heterocycles. The van der Waals surface area contributed by atoms with Gasteiger partial charge in [-0.25, -0.2) is 4.98 Å². The van der Waals surface area contributed by atoms with Gasteiger partial charge in [0.1, 0.15) is 12.0 Å². The summed E-state index contributed by atoms with van der Waals surface area (Å²) in [7, 11) is 0. The Morgan fingerprint density at radius 2 is 1.76 bits per heavy atom. The molecule has 7 nitrogen and oxygen atoms in total. The molecule has 1 fully saturated rings. The number of hydrogen-bond acceptors (Lipinski definition) is 6. The Morgan fingerprint density at radius 1 is 1.03 bits per heavy atom. The minimum Gasteiger partial charge on any atom is -0.353 e. The highest BCUT2D eigenvalue weighted by Gasteiger charge is 2.27. The van der Waals surface area contributed by atoms with E-state index in [2.05, 4.69) is 53.2 Å². The number of fused-ring (bicyclic) bond motifs is 1. The number of anilines is 1. The van der Waals surface area contributed by atoms with Gasteiger partial charge in [-0.3, -0.25) is 14.9 Å². The lowest BCUT2D eigenvalue weighted by Gasteiger charge is -2.35. The van der Waals surface area contributed by atoms with Crippen LogP contribution in [0, 0.1) is 17.0 Å². The summed E-state index contributed by atoms with van der Waals surface area (Å²) in [6.45, 7) is 4.50. The van der Waals surface area contributed by atoms with E-state index >= 15 is 0 Å². The van der Waals surface area contributed by atoms with Crippen LogP contribution in [0.1, 0.15) is 26.4 Å². The number of carbonyl (C=O) groups excluding carboxylic acids is 1. The largest absolute Gasteiger partial charge is 0.353 e. The molecular formula is C26H24N4O3S. The van der Waals surface area contributed by atoms with Gasteiger partial charge in [0.2, 0.25) is 0 Å². The molecule has 34 heavy (non-hydrogen) atoms. The maximum atomic E-state index is 13.6. The van der Waals surface area contributed by atoms with Crippen molar-refractivity contribution in [2.75, 3.05) is 31.1 Å². The van der Waals surface area contributed by atoms with Crippen LogP contribution in [0.15, 0.2) is 66.9 Å². The number of nitrogens with zero attached hydrogens (tertiary/aromatic N) is 4. The Bertz CT molecular complexity index is 1340. The molecule has 0 spiro atoms. The number of aryl methyl sites for hydroxylation is 1. The summed E-state index contributed by atoms with van der Waals surface area (Å²) in [4.78, 5) is 33.1. The van der Waals surface area contributed by atoms with E-state index < -0.39 is 4.92 Å².